The number of carbonyl (C=O) groups excluding carboxylic acids is 2. The number of halogens is 1. The van der Waals surface area contributed by atoms with Crippen molar-refractivity contribution in [3.8, 4) is 6.07 Å². The van der Waals surface area contributed by atoms with Crippen LogP contribution in [0.1, 0.15) is 20.8 Å². The molecule has 2 aromatic carbocycles. The Hall–Kier alpha value is -3.60. The van der Waals surface area contributed by atoms with Gasteiger partial charge in [-0.05, 0) is 41.3 Å². The van der Waals surface area contributed by atoms with E-state index in [1.807, 2.05) is 41.9 Å². The van der Waals surface area contributed by atoms with Crippen molar-refractivity contribution in [1.82, 2.24) is 10.3 Å². The van der Waals surface area contributed by atoms with Crippen molar-refractivity contribution in [2.45, 2.75) is 12.5 Å². The lowest BCUT2D eigenvalue weighted by atomic mass is 10.0. The summed E-state index contributed by atoms with van der Waals surface area (Å²) in [7, 11) is 0. The van der Waals surface area contributed by atoms with E-state index in [2.05, 4.69) is 15.6 Å². The lowest BCUT2D eigenvalue weighted by Gasteiger charge is -2.18. The van der Waals surface area contributed by atoms with Crippen LogP contribution in [0.2, 0.25) is 5.02 Å². The number of aromatic amines is 1. The van der Waals surface area contributed by atoms with Crippen LogP contribution in [0.3, 0.4) is 0 Å². The van der Waals surface area contributed by atoms with Gasteiger partial charge in [0.15, 0.2) is 0 Å². The predicted molar refractivity (Wildman–Crippen MR) is 122 cm³/mol. The van der Waals surface area contributed by atoms with Gasteiger partial charge in [-0.3, -0.25) is 9.59 Å². The second-order valence-electron chi connectivity index (χ2n) is 6.86. The Kier molecular flexibility index (Phi) is 6.03. The van der Waals surface area contributed by atoms with Crippen LogP contribution >= 0.6 is 22.9 Å². The minimum Gasteiger partial charge on any atom is -0.361 e. The molecule has 1 atom stereocenters. The molecule has 0 bridgehead atoms. The molecular formula is C23H17ClN4O2S. The van der Waals surface area contributed by atoms with Gasteiger partial charge in [-0.25, -0.2) is 0 Å². The number of hydrogen-bond acceptors (Lipinski definition) is 4. The first kappa shape index (κ1) is 20.7. The number of para-hydroxylation sites is 1. The van der Waals surface area contributed by atoms with Crippen LogP contribution in [-0.2, 0) is 11.2 Å². The standard InChI is InChI=1S/C23H17ClN4O2S/c24-18-11-16(8-7-14(18)12-25)27-22(29)20(28-23(30)21-6-3-9-31-21)10-15-13-26-19-5-2-1-4-17(15)19/h1-9,11,13,20,26H,10H2,(H,27,29)(H,28,30). The maximum Gasteiger partial charge on any atom is 0.262 e. The Bertz CT molecular complexity index is 1290. The van der Waals surface area contributed by atoms with Gasteiger partial charge in [-0.2, -0.15) is 5.26 Å². The number of fused-ring (bicyclic) bond motifs is 1. The van der Waals surface area contributed by atoms with E-state index in [1.165, 1.54) is 23.5 Å². The van der Waals surface area contributed by atoms with Gasteiger partial charge in [0.05, 0.1) is 15.5 Å². The van der Waals surface area contributed by atoms with Crippen LogP contribution in [0.25, 0.3) is 10.9 Å². The van der Waals surface area contributed by atoms with E-state index in [0.29, 0.717) is 22.5 Å². The molecule has 31 heavy (non-hydrogen) atoms. The Morgan fingerprint density at radius 2 is 2.00 bits per heavy atom. The summed E-state index contributed by atoms with van der Waals surface area (Å²) < 4.78 is 0. The average Bonchev–Trinajstić information content (AvgIpc) is 3.44. The number of aromatic nitrogens is 1. The Morgan fingerprint density at radius 1 is 1.16 bits per heavy atom. The van der Waals surface area contributed by atoms with Crippen molar-refractivity contribution in [3.05, 3.63) is 87.2 Å². The Balaban J connectivity index is 1.59. The number of thiophene rings is 1. The van der Waals surface area contributed by atoms with Crippen molar-refractivity contribution < 1.29 is 9.59 Å². The Morgan fingerprint density at radius 3 is 2.74 bits per heavy atom. The molecule has 8 heteroatoms. The highest BCUT2D eigenvalue weighted by molar-refractivity contribution is 7.12. The second-order valence-corrected chi connectivity index (χ2v) is 8.22. The number of nitriles is 1. The van der Waals surface area contributed by atoms with E-state index < -0.39 is 6.04 Å². The number of anilines is 1. The molecule has 0 saturated carbocycles. The molecular weight excluding hydrogens is 432 g/mol. The largest absolute Gasteiger partial charge is 0.361 e. The lowest BCUT2D eigenvalue weighted by Crippen LogP contribution is -2.45. The van der Waals surface area contributed by atoms with Crippen LogP contribution < -0.4 is 10.6 Å². The van der Waals surface area contributed by atoms with Gasteiger partial charge in [-0.15, -0.1) is 11.3 Å². The number of H-pyrrole nitrogens is 1. The number of nitrogens with zero attached hydrogens (tertiary/aromatic N) is 1. The van der Waals surface area contributed by atoms with Crippen molar-refractivity contribution >= 4 is 51.3 Å². The average molecular weight is 449 g/mol. The van der Waals surface area contributed by atoms with Gasteiger partial charge in [0.1, 0.15) is 12.1 Å². The third-order valence-corrected chi connectivity index (χ3v) is 6.00. The van der Waals surface area contributed by atoms with Crippen molar-refractivity contribution in [2.75, 3.05) is 5.32 Å². The summed E-state index contributed by atoms with van der Waals surface area (Å²) in [4.78, 5) is 29.5. The molecule has 0 aliphatic rings. The van der Waals surface area contributed by atoms with Gasteiger partial charge in [-0.1, -0.05) is 35.9 Å². The first-order valence-electron chi connectivity index (χ1n) is 9.45. The van der Waals surface area contributed by atoms with Crippen LogP contribution in [0.4, 0.5) is 5.69 Å². The van der Waals surface area contributed by atoms with Crippen molar-refractivity contribution in [1.29, 1.82) is 5.26 Å². The highest BCUT2D eigenvalue weighted by Gasteiger charge is 2.24. The molecule has 0 spiro atoms. The number of hydrogen-bond donors (Lipinski definition) is 3. The zero-order valence-corrected chi connectivity index (χ0v) is 17.8. The van der Waals surface area contributed by atoms with E-state index in [-0.39, 0.29) is 16.8 Å². The molecule has 6 nitrogen and oxygen atoms in total. The maximum atomic E-state index is 13.1. The molecule has 0 aliphatic heterocycles. The first-order chi connectivity index (χ1) is 15.0. The minimum atomic E-state index is -0.816. The fourth-order valence-corrected chi connectivity index (χ4v) is 4.13. The molecule has 2 aromatic heterocycles. The SMILES string of the molecule is N#Cc1ccc(NC(=O)C(Cc2c[nH]c3ccccc23)NC(=O)c2cccs2)cc1Cl. The van der Waals surface area contributed by atoms with Gasteiger partial charge in [0.25, 0.3) is 5.91 Å². The van der Waals surface area contributed by atoms with E-state index in [9.17, 15) is 9.59 Å². The molecule has 3 N–H and O–H groups in total. The topological polar surface area (TPSA) is 97.8 Å². The minimum absolute atomic E-state index is 0.246. The predicted octanol–water partition coefficient (Wildman–Crippen LogP) is 4.73. The first-order valence-corrected chi connectivity index (χ1v) is 10.7. The molecule has 4 rings (SSSR count). The third kappa shape index (κ3) is 4.61. The van der Waals surface area contributed by atoms with Crippen molar-refractivity contribution in [2.24, 2.45) is 0 Å². The zero-order chi connectivity index (χ0) is 21.8. The summed E-state index contributed by atoms with van der Waals surface area (Å²) in [6.45, 7) is 0. The molecule has 0 radical (unpaired) electrons. The summed E-state index contributed by atoms with van der Waals surface area (Å²) in [5.41, 5.74) is 2.64. The lowest BCUT2D eigenvalue weighted by molar-refractivity contribution is -0.118. The summed E-state index contributed by atoms with van der Waals surface area (Å²) in [5.74, 6) is -0.691. The highest BCUT2D eigenvalue weighted by atomic mass is 35.5. The smallest absolute Gasteiger partial charge is 0.262 e. The molecule has 0 saturated heterocycles. The molecule has 0 fully saturated rings. The van der Waals surface area contributed by atoms with Crippen LogP contribution in [-0.4, -0.2) is 22.8 Å². The summed E-state index contributed by atoms with van der Waals surface area (Å²) in [5, 5.41) is 17.7. The van der Waals surface area contributed by atoms with E-state index in [0.717, 1.165) is 16.5 Å². The van der Waals surface area contributed by atoms with E-state index >= 15 is 0 Å². The normalized spacial score (nSPS) is 11.6. The molecule has 1 unspecified atom stereocenters. The fourth-order valence-electron chi connectivity index (χ4n) is 3.28. The number of rotatable bonds is 6. The summed E-state index contributed by atoms with van der Waals surface area (Å²) >= 11 is 7.39. The summed E-state index contributed by atoms with van der Waals surface area (Å²) in [6, 6.07) is 17.1. The van der Waals surface area contributed by atoms with Gasteiger partial charge < -0.3 is 15.6 Å². The second kappa shape index (κ2) is 9.04. The molecule has 2 amide bonds. The third-order valence-electron chi connectivity index (χ3n) is 4.82. The monoisotopic (exact) mass is 448 g/mol. The van der Waals surface area contributed by atoms with Crippen molar-refractivity contribution in [3.63, 3.8) is 0 Å². The zero-order valence-electron chi connectivity index (χ0n) is 16.2. The van der Waals surface area contributed by atoms with Gasteiger partial charge >= 0.3 is 0 Å². The number of amides is 2. The number of benzene rings is 2. The maximum absolute atomic E-state index is 13.1. The van der Waals surface area contributed by atoms with Crippen LogP contribution in [0, 0.1) is 11.3 Å². The van der Waals surface area contributed by atoms with Gasteiger partial charge in [0.2, 0.25) is 5.91 Å². The molecule has 0 aliphatic carbocycles. The fraction of sp³-hybridized carbons (Fsp3) is 0.0870. The van der Waals surface area contributed by atoms with Crippen LogP contribution in [0.5, 0.6) is 0 Å². The summed E-state index contributed by atoms with van der Waals surface area (Å²) in [6.07, 6.45) is 2.15. The van der Waals surface area contributed by atoms with Gasteiger partial charge in [0, 0.05) is 29.2 Å². The molecule has 2 heterocycles. The van der Waals surface area contributed by atoms with E-state index in [1.54, 1.807) is 18.2 Å². The molecule has 154 valence electrons. The van der Waals surface area contributed by atoms with E-state index in [4.69, 9.17) is 16.9 Å². The quantitative estimate of drug-likeness (QED) is 0.397. The highest BCUT2D eigenvalue weighted by Crippen LogP contribution is 2.22. The van der Waals surface area contributed by atoms with Crippen LogP contribution in [0.15, 0.2) is 66.2 Å². The number of carbonyl (C=O) groups is 2. The Labute approximate surface area is 187 Å². The number of nitrogens with one attached hydrogen (secondary N) is 3. The molecule has 4 aromatic rings.